The molecule has 0 aromatic carbocycles. The molecule has 3 atom stereocenters. The molecular formula is C18H28N3O6S+. The second-order valence-corrected chi connectivity index (χ2v) is 10.5. The van der Waals surface area contributed by atoms with Gasteiger partial charge >= 0.3 is 12.1 Å². The van der Waals surface area contributed by atoms with Gasteiger partial charge in [0.1, 0.15) is 29.3 Å². The zero-order valence-electron chi connectivity index (χ0n) is 16.7. The fourth-order valence-corrected chi connectivity index (χ4v) is 5.80. The van der Waals surface area contributed by atoms with Gasteiger partial charge in [-0.1, -0.05) is 0 Å². The summed E-state index contributed by atoms with van der Waals surface area (Å²) >= 11 is 0. The number of carboxylic acids is 1. The largest absolute Gasteiger partial charge is 0.477 e. The van der Waals surface area contributed by atoms with Crippen LogP contribution in [0, 0.1) is 0 Å². The molecule has 3 aliphatic heterocycles. The summed E-state index contributed by atoms with van der Waals surface area (Å²) in [5, 5.41) is 11.3. The number of nitrogens with one attached hydrogen (secondary N) is 1. The quantitative estimate of drug-likeness (QED) is 0.508. The number of ether oxygens (including phenoxy) is 1. The molecule has 9 nitrogen and oxygen atoms in total. The Morgan fingerprint density at radius 2 is 1.93 bits per heavy atom. The Balaban J connectivity index is 1.82. The van der Waals surface area contributed by atoms with E-state index < -0.39 is 45.8 Å². The van der Waals surface area contributed by atoms with Crippen molar-refractivity contribution in [3.8, 4) is 0 Å². The fraction of sp³-hybridized carbons (Fsp3) is 0.722. The van der Waals surface area contributed by atoms with Crippen LogP contribution in [0.25, 0.3) is 0 Å². The summed E-state index contributed by atoms with van der Waals surface area (Å²) < 4.78 is 18.7. The Labute approximate surface area is 166 Å². The molecule has 0 radical (unpaired) electrons. The SMILES string of the molecule is CC(C)(C)OC(=O)NC1C(=O)N2C(C(=O)O)=C(C[N+]3(C)CCCC3)CS(=O)[C@@H]12. The molecule has 0 saturated carbocycles. The van der Waals surface area contributed by atoms with Gasteiger partial charge in [-0.3, -0.25) is 13.9 Å². The van der Waals surface area contributed by atoms with E-state index in [-0.39, 0.29) is 11.4 Å². The van der Waals surface area contributed by atoms with E-state index in [0.717, 1.165) is 30.8 Å². The van der Waals surface area contributed by atoms with Crippen LogP contribution >= 0.6 is 0 Å². The number of aliphatic carboxylic acids is 1. The summed E-state index contributed by atoms with van der Waals surface area (Å²) in [6, 6.07) is -1.04. The maximum absolute atomic E-state index is 12.8. The van der Waals surface area contributed by atoms with Gasteiger partial charge in [-0.25, -0.2) is 9.59 Å². The maximum Gasteiger partial charge on any atom is 0.408 e. The molecule has 0 aliphatic carbocycles. The number of nitrogens with zero attached hydrogens (tertiary/aromatic N) is 2. The molecule has 3 aliphatic rings. The molecule has 0 bridgehead atoms. The number of carbonyl (C=O) groups excluding carboxylic acids is 2. The van der Waals surface area contributed by atoms with Gasteiger partial charge in [0.2, 0.25) is 0 Å². The van der Waals surface area contributed by atoms with Crippen molar-refractivity contribution in [2.24, 2.45) is 0 Å². The minimum absolute atomic E-state index is 0.0805. The van der Waals surface area contributed by atoms with Gasteiger partial charge in [-0.15, -0.1) is 0 Å². The molecule has 10 heteroatoms. The van der Waals surface area contributed by atoms with Crippen LogP contribution in [0.2, 0.25) is 0 Å². The van der Waals surface area contributed by atoms with Gasteiger partial charge in [-0.05, 0) is 20.8 Å². The van der Waals surface area contributed by atoms with Crippen molar-refractivity contribution in [2.45, 2.75) is 50.6 Å². The first-order valence-corrected chi connectivity index (χ1v) is 10.8. The van der Waals surface area contributed by atoms with Crippen LogP contribution in [-0.4, -0.2) is 86.1 Å². The van der Waals surface area contributed by atoms with Crippen molar-refractivity contribution in [3.05, 3.63) is 11.3 Å². The first-order chi connectivity index (χ1) is 12.9. The van der Waals surface area contributed by atoms with Crippen LogP contribution in [0.15, 0.2) is 11.3 Å². The van der Waals surface area contributed by atoms with E-state index in [4.69, 9.17) is 4.74 Å². The predicted octanol–water partition coefficient (Wildman–Crippen LogP) is 0.389. The highest BCUT2D eigenvalue weighted by Gasteiger charge is 2.58. The van der Waals surface area contributed by atoms with Gasteiger partial charge in [-0.2, -0.15) is 0 Å². The molecule has 2 unspecified atom stereocenters. The van der Waals surface area contributed by atoms with Crippen molar-refractivity contribution < 1.29 is 32.9 Å². The standard InChI is InChI=1S/C18H27N3O6S/c1-18(2,3)27-17(25)19-12-14(22)20-13(16(23)24)11(10-28(26)15(12)20)9-21(4)7-5-6-8-21/h12,15H,5-10H2,1-4H3,(H-,19,23,24,25)/p+1/t12?,15-,28?/m0/s1. The van der Waals surface area contributed by atoms with E-state index in [2.05, 4.69) is 12.4 Å². The van der Waals surface area contributed by atoms with Gasteiger partial charge < -0.3 is 19.6 Å². The summed E-state index contributed by atoms with van der Waals surface area (Å²) in [6.07, 6.45) is 1.36. The highest BCUT2D eigenvalue weighted by molar-refractivity contribution is 7.86. The Bertz CT molecular complexity index is 766. The number of carbonyl (C=O) groups is 3. The van der Waals surface area contributed by atoms with E-state index in [0.29, 0.717) is 16.6 Å². The Morgan fingerprint density at radius 3 is 2.46 bits per heavy atom. The topological polar surface area (TPSA) is 113 Å². The smallest absolute Gasteiger partial charge is 0.408 e. The number of fused-ring (bicyclic) bond motifs is 1. The second kappa shape index (κ2) is 7.14. The van der Waals surface area contributed by atoms with Crippen LogP contribution in [0.3, 0.4) is 0 Å². The number of rotatable bonds is 4. The Morgan fingerprint density at radius 1 is 1.32 bits per heavy atom. The molecule has 3 heterocycles. The summed E-state index contributed by atoms with van der Waals surface area (Å²) in [6.45, 7) is 7.42. The highest BCUT2D eigenvalue weighted by Crippen LogP contribution is 2.36. The van der Waals surface area contributed by atoms with Crippen LogP contribution in [-0.2, 0) is 25.1 Å². The van der Waals surface area contributed by atoms with E-state index in [1.165, 1.54) is 0 Å². The summed E-state index contributed by atoms with van der Waals surface area (Å²) in [4.78, 5) is 37.7. The van der Waals surface area contributed by atoms with Crippen LogP contribution in [0.4, 0.5) is 4.79 Å². The van der Waals surface area contributed by atoms with Gasteiger partial charge in [0, 0.05) is 18.4 Å². The monoisotopic (exact) mass is 414 g/mol. The number of likely N-dealkylation sites (tertiary alicyclic amines) is 1. The maximum atomic E-state index is 12.8. The first-order valence-electron chi connectivity index (χ1n) is 9.40. The van der Waals surface area contributed by atoms with Crippen LogP contribution in [0.1, 0.15) is 33.6 Å². The molecule has 0 aromatic rings. The average molecular weight is 415 g/mol. The lowest BCUT2D eigenvalue weighted by atomic mass is 10.0. The number of β-lactam (4-membered cyclic amide) rings is 1. The van der Waals surface area contributed by atoms with E-state index in [1.807, 2.05) is 0 Å². The van der Waals surface area contributed by atoms with Crippen LogP contribution in [0.5, 0.6) is 0 Å². The lowest BCUT2D eigenvalue weighted by molar-refractivity contribution is -0.893. The third-order valence-corrected chi connectivity index (χ3v) is 6.95. The number of hydrogen-bond acceptors (Lipinski definition) is 5. The zero-order chi connectivity index (χ0) is 20.9. The highest BCUT2D eigenvalue weighted by atomic mass is 32.2. The number of likely N-dealkylation sites (N-methyl/N-ethyl adjacent to an activating group) is 1. The van der Waals surface area contributed by atoms with Crippen molar-refractivity contribution in [2.75, 3.05) is 32.4 Å². The van der Waals surface area contributed by atoms with E-state index in [9.17, 15) is 23.7 Å². The molecule has 2 N–H and O–H groups in total. The third-order valence-electron chi connectivity index (χ3n) is 5.30. The molecule has 28 heavy (non-hydrogen) atoms. The van der Waals surface area contributed by atoms with E-state index in [1.54, 1.807) is 20.8 Å². The summed E-state index contributed by atoms with van der Waals surface area (Å²) in [5.74, 6) is -1.68. The van der Waals surface area contributed by atoms with Crippen LogP contribution < -0.4 is 5.32 Å². The summed E-state index contributed by atoms with van der Waals surface area (Å²) in [7, 11) is 0.554. The van der Waals surface area contributed by atoms with Crippen molar-refractivity contribution >= 4 is 28.8 Å². The van der Waals surface area contributed by atoms with Gasteiger partial charge in [0.25, 0.3) is 5.91 Å². The first kappa shape index (κ1) is 20.8. The second-order valence-electron chi connectivity index (χ2n) is 8.94. The number of hydrogen-bond donors (Lipinski definition) is 2. The molecule has 2 fully saturated rings. The number of quaternary nitrogens is 1. The summed E-state index contributed by atoms with van der Waals surface area (Å²) in [5.41, 5.74) is -0.283. The zero-order valence-corrected chi connectivity index (χ0v) is 17.5. The fourth-order valence-electron chi connectivity index (χ4n) is 4.13. The molecule has 0 spiro atoms. The molecule has 3 rings (SSSR count). The van der Waals surface area contributed by atoms with E-state index >= 15 is 0 Å². The molecule has 2 amide bonds. The number of carboxylic acid groups (broad SMARTS) is 1. The normalized spacial score (nSPS) is 29.2. The molecule has 156 valence electrons. The predicted molar refractivity (Wildman–Crippen MR) is 101 cm³/mol. The number of alkyl carbamates (subject to hydrolysis) is 1. The molecule has 0 aromatic heterocycles. The third kappa shape index (κ3) is 3.93. The lowest BCUT2D eigenvalue weighted by Gasteiger charge is -2.49. The average Bonchev–Trinajstić information content (AvgIpc) is 2.96. The lowest BCUT2D eigenvalue weighted by Crippen LogP contribution is -2.74. The minimum Gasteiger partial charge on any atom is -0.477 e. The number of amides is 2. The Hall–Kier alpha value is -1.94. The minimum atomic E-state index is -1.50. The van der Waals surface area contributed by atoms with Crippen molar-refractivity contribution in [3.63, 3.8) is 0 Å². The Kier molecular flexibility index (Phi) is 5.30. The van der Waals surface area contributed by atoms with Crippen molar-refractivity contribution in [1.82, 2.24) is 10.2 Å². The molecular weight excluding hydrogens is 386 g/mol. The van der Waals surface area contributed by atoms with Crippen molar-refractivity contribution in [1.29, 1.82) is 0 Å². The molecule has 2 saturated heterocycles. The van der Waals surface area contributed by atoms with Gasteiger partial charge in [0.05, 0.1) is 36.7 Å². The van der Waals surface area contributed by atoms with Gasteiger partial charge in [0.15, 0.2) is 0 Å².